The van der Waals surface area contributed by atoms with Crippen LogP contribution < -0.4 is 10.6 Å². The molecule has 180 valence electrons. The predicted molar refractivity (Wildman–Crippen MR) is 143 cm³/mol. The van der Waals surface area contributed by atoms with Crippen LogP contribution in [0.25, 0.3) is 0 Å². The summed E-state index contributed by atoms with van der Waals surface area (Å²) in [7, 11) is 0. The molecule has 1 aromatic heterocycles. The van der Waals surface area contributed by atoms with Gasteiger partial charge in [-0.25, -0.2) is 0 Å². The van der Waals surface area contributed by atoms with Crippen LogP contribution in [0.4, 0.5) is 0 Å². The molecule has 0 saturated carbocycles. The molecule has 33 heavy (non-hydrogen) atoms. The van der Waals surface area contributed by atoms with Gasteiger partial charge in [-0.3, -0.25) is 9.79 Å². The standard InChI is InChI=1S/C26H36N4O2.HI/c1-19(2)25(31)30-15-12-22(13-16-30)28-26(27-14-11-24-8-5-17-32-24)29-23-10-9-20-6-3-4-7-21(20)18-23;/h3-8,17,19,22-23H,9-16,18H2,1-2H3,(H2,27,28,29);1H. The number of benzene rings is 1. The molecule has 2 N–H and O–H groups in total. The van der Waals surface area contributed by atoms with E-state index in [1.807, 2.05) is 30.9 Å². The van der Waals surface area contributed by atoms with E-state index in [0.29, 0.717) is 18.6 Å². The first-order valence-electron chi connectivity index (χ1n) is 12.0. The van der Waals surface area contributed by atoms with Gasteiger partial charge in [0.05, 0.1) is 6.26 Å². The van der Waals surface area contributed by atoms with Gasteiger partial charge in [-0.2, -0.15) is 0 Å². The van der Waals surface area contributed by atoms with Crippen LogP contribution >= 0.6 is 24.0 Å². The van der Waals surface area contributed by atoms with E-state index in [2.05, 4.69) is 34.9 Å². The van der Waals surface area contributed by atoms with E-state index in [-0.39, 0.29) is 35.8 Å². The Labute approximate surface area is 214 Å². The van der Waals surface area contributed by atoms with Crippen molar-refractivity contribution in [2.75, 3.05) is 19.6 Å². The van der Waals surface area contributed by atoms with Crippen LogP contribution in [0.15, 0.2) is 52.1 Å². The van der Waals surface area contributed by atoms with Crippen molar-refractivity contribution in [3.05, 3.63) is 59.5 Å². The third-order valence-corrected chi connectivity index (χ3v) is 6.54. The summed E-state index contributed by atoms with van der Waals surface area (Å²) < 4.78 is 5.46. The molecule has 7 heteroatoms. The van der Waals surface area contributed by atoms with Gasteiger partial charge in [0.25, 0.3) is 0 Å². The maximum absolute atomic E-state index is 12.3. The number of amides is 1. The second kappa shape index (κ2) is 12.4. The zero-order chi connectivity index (χ0) is 22.3. The smallest absolute Gasteiger partial charge is 0.225 e. The molecule has 1 atom stereocenters. The molecule has 1 saturated heterocycles. The second-order valence-corrected chi connectivity index (χ2v) is 9.31. The van der Waals surface area contributed by atoms with Gasteiger partial charge in [0, 0.05) is 44.1 Å². The molecule has 1 fully saturated rings. The minimum Gasteiger partial charge on any atom is -0.469 e. The summed E-state index contributed by atoms with van der Waals surface area (Å²) >= 11 is 0. The summed E-state index contributed by atoms with van der Waals surface area (Å²) in [4.78, 5) is 19.2. The molecule has 1 unspecified atom stereocenters. The Morgan fingerprint density at radius 2 is 1.79 bits per heavy atom. The van der Waals surface area contributed by atoms with Crippen LogP contribution in [0.2, 0.25) is 0 Å². The topological polar surface area (TPSA) is 69.9 Å². The van der Waals surface area contributed by atoms with Gasteiger partial charge in [0.2, 0.25) is 5.91 Å². The van der Waals surface area contributed by atoms with Crippen molar-refractivity contribution in [3.63, 3.8) is 0 Å². The molecule has 1 aliphatic carbocycles. The van der Waals surface area contributed by atoms with Crippen molar-refractivity contribution in [1.82, 2.24) is 15.5 Å². The summed E-state index contributed by atoms with van der Waals surface area (Å²) in [5.74, 6) is 2.17. The molecular formula is C26H37IN4O2. The molecule has 1 aliphatic heterocycles. The number of halogens is 1. The Morgan fingerprint density at radius 1 is 1.06 bits per heavy atom. The van der Waals surface area contributed by atoms with Crippen molar-refractivity contribution >= 4 is 35.8 Å². The molecule has 2 aliphatic rings. The Kier molecular flexibility index (Phi) is 9.64. The van der Waals surface area contributed by atoms with E-state index in [4.69, 9.17) is 9.41 Å². The largest absolute Gasteiger partial charge is 0.469 e. The number of likely N-dealkylation sites (tertiary alicyclic amines) is 1. The maximum Gasteiger partial charge on any atom is 0.225 e. The van der Waals surface area contributed by atoms with Crippen LogP contribution in [0.1, 0.15) is 50.0 Å². The Balaban J connectivity index is 0.00000306. The van der Waals surface area contributed by atoms with Gasteiger partial charge >= 0.3 is 0 Å². The lowest BCUT2D eigenvalue weighted by atomic mass is 9.88. The van der Waals surface area contributed by atoms with Gasteiger partial charge in [-0.05, 0) is 55.4 Å². The van der Waals surface area contributed by atoms with Crippen LogP contribution in [-0.4, -0.2) is 48.5 Å². The minimum absolute atomic E-state index is 0. The lowest BCUT2D eigenvalue weighted by Crippen LogP contribution is -2.52. The van der Waals surface area contributed by atoms with Gasteiger partial charge in [-0.1, -0.05) is 38.1 Å². The molecule has 6 nitrogen and oxygen atoms in total. The highest BCUT2D eigenvalue weighted by Crippen LogP contribution is 2.21. The van der Waals surface area contributed by atoms with Crippen LogP contribution in [-0.2, 0) is 24.1 Å². The highest BCUT2D eigenvalue weighted by atomic mass is 127. The van der Waals surface area contributed by atoms with Gasteiger partial charge < -0.3 is 20.0 Å². The third-order valence-electron chi connectivity index (χ3n) is 6.54. The van der Waals surface area contributed by atoms with Gasteiger partial charge in [0.15, 0.2) is 5.96 Å². The number of fused-ring (bicyclic) bond motifs is 1. The molecule has 2 heterocycles. The van der Waals surface area contributed by atoms with E-state index < -0.39 is 0 Å². The number of furan rings is 1. The molecule has 1 aromatic carbocycles. The number of hydrogen-bond donors (Lipinski definition) is 2. The molecule has 0 bridgehead atoms. The van der Waals surface area contributed by atoms with Crippen molar-refractivity contribution in [2.45, 2.75) is 64.5 Å². The SMILES string of the molecule is CC(C)C(=O)N1CCC(NC(=NCCc2ccco2)NC2CCc3ccccc3C2)CC1.I. The quantitative estimate of drug-likeness (QED) is 0.314. The average Bonchev–Trinajstić information content (AvgIpc) is 3.32. The number of aliphatic imine (C=N–C) groups is 1. The number of piperidine rings is 1. The van der Waals surface area contributed by atoms with E-state index >= 15 is 0 Å². The summed E-state index contributed by atoms with van der Waals surface area (Å²) in [5.41, 5.74) is 2.91. The van der Waals surface area contributed by atoms with Crippen molar-refractivity contribution < 1.29 is 9.21 Å². The lowest BCUT2D eigenvalue weighted by Gasteiger charge is -2.35. The number of hydrogen-bond acceptors (Lipinski definition) is 3. The average molecular weight is 565 g/mol. The zero-order valence-electron chi connectivity index (χ0n) is 19.8. The van der Waals surface area contributed by atoms with Crippen LogP contribution in [0.3, 0.4) is 0 Å². The number of nitrogens with one attached hydrogen (secondary N) is 2. The monoisotopic (exact) mass is 564 g/mol. The normalized spacial score (nSPS) is 19.1. The van der Waals surface area contributed by atoms with E-state index in [9.17, 15) is 4.79 Å². The second-order valence-electron chi connectivity index (χ2n) is 9.31. The van der Waals surface area contributed by atoms with E-state index in [1.165, 1.54) is 11.1 Å². The fraction of sp³-hybridized carbons (Fsp3) is 0.538. The number of guanidine groups is 1. The van der Waals surface area contributed by atoms with Crippen molar-refractivity contribution in [2.24, 2.45) is 10.9 Å². The lowest BCUT2D eigenvalue weighted by molar-refractivity contribution is -0.135. The number of carbonyl (C=O) groups excluding carboxylic acids is 1. The fourth-order valence-corrected chi connectivity index (χ4v) is 4.68. The molecule has 0 spiro atoms. The summed E-state index contributed by atoms with van der Waals surface area (Å²) in [5, 5.41) is 7.37. The Morgan fingerprint density at radius 3 is 2.48 bits per heavy atom. The molecule has 0 radical (unpaired) electrons. The fourth-order valence-electron chi connectivity index (χ4n) is 4.68. The van der Waals surface area contributed by atoms with Crippen LogP contribution in [0.5, 0.6) is 0 Å². The number of rotatable bonds is 6. The minimum atomic E-state index is 0. The maximum atomic E-state index is 12.3. The van der Waals surface area contributed by atoms with Crippen LogP contribution in [0, 0.1) is 5.92 Å². The number of nitrogens with zero attached hydrogens (tertiary/aromatic N) is 2. The van der Waals surface area contributed by atoms with Crippen molar-refractivity contribution in [1.29, 1.82) is 0 Å². The Bertz CT molecular complexity index is 905. The van der Waals surface area contributed by atoms with Gasteiger partial charge in [0.1, 0.15) is 5.76 Å². The predicted octanol–water partition coefficient (Wildman–Crippen LogP) is 4.18. The first-order chi connectivity index (χ1) is 15.6. The molecule has 4 rings (SSSR count). The Hall–Kier alpha value is -2.03. The summed E-state index contributed by atoms with van der Waals surface area (Å²) in [6, 6.07) is 13.4. The molecular weight excluding hydrogens is 527 g/mol. The zero-order valence-corrected chi connectivity index (χ0v) is 22.1. The summed E-state index contributed by atoms with van der Waals surface area (Å²) in [6.45, 7) is 6.25. The third kappa shape index (κ3) is 7.22. The number of aryl methyl sites for hydroxylation is 1. The highest BCUT2D eigenvalue weighted by molar-refractivity contribution is 14.0. The first kappa shape index (κ1) is 25.6. The van der Waals surface area contributed by atoms with Gasteiger partial charge in [-0.15, -0.1) is 24.0 Å². The first-order valence-corrected chi connectivity index (χ1v) is 12.0. The molecule has 2 aromatic rings. The van der Waals surface area contributed by atoms with E-state index in [0.717, 1.165) is 63.3 Å². The number of carbonyl (C=O) groups is 1. The highest BCUT2D eigenvalue weighted by Gasteiger charge is 2.26. The van der Waals surface area contributed by atoms with Crippen molar-refractivity contribution in [3.8, 4) is 0 Å². The molecule has 1 amide bonds. The van der Waals surface area contributed by atoms with E-state index in [1.54, 1.807) is 6.26 Å². The summed E-state index contributed by atoms with van der Waals surface area (Å²) in [6.07, 6.45) is 7.63.